The number of aryl methyl sites for hydroxylation is 5. The Balaban J connectivity index is 0.000000114. The number of hydrogen-bond donors (Lipinski definition) is 0. The largest absolute Gasteiger partial charge is 0.0622 e. The molecule has 0 spiro atoms. The molecule has 0 amide bonds. The Kier molecular flexibility index (Phi) is 25.6. The second-order valence-electron chi connectivity index (χ2n) is 31.2. The molecular weight excluding hydrogens is 1450 g/mol. The summed E-state index contributed by atoms with van der Waals surface area (Å²) >= 11 is 0. The summed E-state index contributed by atoms with van der Waals surface area (Å²) in [5.74, 6) is 0. The van der Waals surface area contributed by atoms with E-state index in [0.29, 0.717) is 0 Å². The standard InChI is InChI=1S/C33H24.2C25H20.2C19H16/c1-23-16-18-24(19-17-23)27-20-28(32-14-6-10-25-8-2-4-12-30(25)32)22-29(21-27)33-15-7-11-26-9-3-5-13-31(26)33;1-19-9-8-14-22(15-19)25-17-23(20-10-4-2-5-11-20)16-24(18-25)21-12-6-3-7-13-21;1-19-12-14-22(15-13-19)25-17-23(20-8-4-2-5-9-20)16-24(18-25)21-10-6-3-7-11-21;1-15-12-18(16-8-4-2-5-9-16)14-19(13-15)17-10-6-3-7-11-17;1-15-7-5-10-17(13-15)19-12-6-11-18(14-19)16-8-3-2-4-9-16/h2-22H,1H3;2*2-18H,1H3;2*2-14H,1H3. The monoisotopic (exact) mass is 1550 g/mol. The number of rotatable bonds is 13. The maximum absolute atomic E-state index is 2.35. The minimum absolute atomic E-state index is 1.24. The van der Waals surface area contributed by atoms with E-state index in [1.54, 1.807) is 0 Å². The summed E-state index contributed by atoms with van der Waals surface area (Å²) in [5, 5.41) is 5.10. The first-order valence-corrected chi connectivity index (χ1v) is 41.8. The van der Waals surface area contributed by atoms with E-state index in [0.717, 1.165) is 0 Å². The van der Waals surface area contributed by atoms with Crippen LogP contribution in [0.2, 0.25) is 0 Å². The van der Waals surface area contributed by atoms with Crippen molar-refractivity contribution >= 4 is 21.5 Å². The summed E-state index contributed by atoms with van der Waals surface area (Å²) < 4.78 is 0. The third kappa shape index (κ3) is 20.5. The van der Waals surface area contributed by atoms with Gasteiger partial charge in [0.25, 0.3) is 0 Å². The van der Waals surface area contributed by atoms with Crippen LogP contribution in [-0.2, 0) is 0 Å². The maximum atomic E-state index is 2.35. The van der Waals surface area contributed by atoms with Gasteiger partial charge in [-0.1, -0.05) is 447 Å². The van der Waals surface area contributed by atoms with Crippen molar-refractivity contribution in [2.24, 2.45) is 0 Å². The Morgan fingerprint density at radius 2 is 0.281 bits per heavy atom. The Labute approximate surface area is 715 Å². The fourth-order valence-corrected chi connectivity index (χ4v) is 15.9. The second kappa shape index (κ2) is 38.8. The summed E-state index contributed by atoms with van der Waals surface area (Å²) in [5.41, 5.74) is 39.1. The van der Waals surface area contributed by atoms with Crippen molar-refractivity contribution < 1.29 is 0 Å². The van der Waals surface area contributed by atoms with Crippen LogP contribution in [-0.4, -0.2) is 0 Å². The Bertz CT molecular complexity index is 6510. The molecule has 0 atom stereocenters. The number of fused-ring (bicyclic) bond motifs is 2. The van der Waals surface area contributed by atoms with E-state index < -0.39 is 0 Å². The summed E-state index contributed by atoms with van der Waals surface area (Å²) in [6.45, 7) is 10.7. The fraction of sp³-hybridized carbons (Fsp3) is 0.0413. The zero-order chi connectivity index (χ0) is 82.5. The SMILES string of the molecule is Cc1cc(-c2ccccc2)cc(-c2ccccc2)c1.Cc1ccc(-c2cc(-c3cccc4ccccc34)cc(-c3cccc4ccccc34)c2)cc1.Cc1ccc(-c2cc(-c3ccccc3)cc(-c3ccccc3)c2)cc1.Cc1cccc(-c2cc(-c3ccccc3)cc(-c3ccccc3)c2)c1.Cc1cccc(-c2cccc(-c3ccccc3)c2)c1. The Hall–Kier alpha value is -15.1. The lowest BCUT2D eigenvalue weighted by atomic mass is 9.90. The zero-order valence-electron chi connectivity index (χ0n) is 69.3. The Morgan fingerprint density at radius 1 is 0.0992 bits per heavy atom. The van der Waals surface area contributed by atoms with Gasteiger partial charge >= 0.3 is 0 Å². The topological polar surface area (TPSA) is 0 Å². The van der Waals surface area contributed by atoms with E-state index in [-0.39, 0.29) is 0 Å². The van der Waals surface area contributed by atoms with Crippen molar-refractivity contribution in [3.8, 4) is 145 Å². The van der Waals surface area contributed by atoms with E-state index in [2.05, 4.69) is 520 Å². The molecule has 0 saturated carbocycles. The molecule has 0 saturated heterocycles. The first kappa shape index (κ1) is 79.7. The lowest BCUT2D eigenvalue weighted by Gasteiger charge is -2.14. The molecule has 0 aromatic heterocycles. The minimum atomic E-state index is 1.24. The van der Waals surface area contributed by atoms with Crippen molar-refractivity contribution in [1.29, 1.82) is 0 Å². The van der Waals surface area contributed by atoms with E-state index in [9.17, 15) is 0 Å². The summed E-state index contributed by atoms with van der Waals surface area (Å²) in [7, 11) is 0. The van der Waals surface area contributed by atoms with Crippen molar-refractivity contribution in [2.75, 3.05) is 0 Å². The molecule has 20 aromatic carbocycles. The first-order chi connectivity index (χ1) is 59.5. The maximum Gasteiger partial charge on any atom is -0.0105 e. The first-order valence-electron chi connectivity index (χ1n) is 41.8. The molecule has 0 bridgehead atoms. The zero-order valence-corrected chi connectivity index (χ0v) is 69.3. The van der Waals surface area contributed by atoms with Gasteiger partial charge in [0.05, 0.1) is 0 Å². The molecule has 20 aromatic rings. The molecular formula is C121H96. The molecule has 0 radical (unpaired) electrons. The molecule has 0 aliphatic rings. The number of hydrogen-bond acceptors (Lipinski definition) is 0. The third-order valence-corrected chi connectivity index (χ3v) is 22.2. The van der Waals surface area contributed by atoms with E-state index in [1.165, 1.54) is 194 Å². The summed E-state index contributed by atoms with van der Waals surface area (Å²) in [4.78, 5) is 0. The van der Waals surface area contributed by atoms with Gasteiger partial charge in [0.1, 0.15) is 0 Å². The van der Waals surface area contributed by atoms with Crippen molar-refractivity contribution in [1.82, 2.24) is 0 Å². The van der Waals surface area contributed by atoms with Gasteiger partial charge < -0.3 is 0 Å². The Morgan fingerprint density at radius 3 is 0.595 bits per heavy atom. The van der Waals surface area contributed by atoms with Gasteiger partial charge in [-0.05, 0) is 273 Å². The molecule has 0 heterocycles. The van der Waals surface area contributed by atoms with E-state index in [1.807, 2.05) is 6.07 Å². The lowest BCUT2D eigenvalue weighted by molar-refractivity contribution is 1.46. The molecule has 0 fully saturated rings. The smallest absolute Gasteiger partial charge is 0.0105 e. The predicted molar refractivity (Wildman–Crippen MR) is 522 cm³/mol. The van der Waals surface area contributed by atoms with Gasteiger partial charge in [0, 0.05) is 0 Å². The summed E-state index contributed by atoms with van der Waals surface area (Å²) in [6.07, 6.45) is 0. The highest BCUT2D eigenvalue weighted by atomic mass is 14.2. The van der Waals surface area contributed by atoms with Gasteiger partial charge in [-0.15, -0.1) is 0 Å². The molecule has 0 heteroatoms. The van der Waals surface area contributed by atoms with Gasteiger partial charge in [-0.3, -0.25) is 0 Å². The van der Waals surface area contributed by atoms with Crippen LogP contribution < -0.4 is 0 Å². The fourth-order valence-electron chi connectivity index (χ4n) is 15.9. The van der Waals surface area contributed by atoms with Crippen LogP contribution in [0.3, 0.4) is 0 Å². The number of benzene rings is 20. The van der Waals surface area contributed by atoms with Crippen LogP contribution in [0.15, 0.2) is 491 Å². The molecule has 20 rings (SSSR count). The normalized spacial score (nSPS) is 10.7. The molecule has 121 heavy (non-hydrogen) atoms. The van der Waals surface area contributed by atoms with E-state index >= 15 is 0 Å². The molecule has 0 aliphatic heterocycles. The van der Waals surface area contributed by atoms with Crippen LogP contribution in [0.25, 0.3) is 166 Å². The minimum Gasteiger partial charge on any atom is -0.0622 e. The lowest BCUT2D eigenvalue weighted by Crippen LogP contribution is -1.88. The van der Waals surface area contributed by atoms with Crippen molar-refractivity contribution in [2.45, 2.75) is 34.6 Å². The molecule has 0 aliphatic carbocycles. The molecule has 0 unspecified atom stereocenters. The molecule has 0 N–H and O–H groups in total. The van der Waals surface area contributed by atoms with Crippen LogP contribution in [0.1, 0.15) is 27.8 Å². The predicted octanol–water partition coefficient (Wildman–Crippen LogP) is 34.0. The van der Waals surface area contributed by atoms with Crippen LogP contribution >= 0.6 is 0 Å². The highest BCUT2D eigenvalue weighted by Gasteiger charge is 2.15. The second-order valence-corrected chi connectivity index (χ2v) is 31.2. The van der Waals surface area contributed by atoms with Crippen molar-refractivity contribution in [3.05, 3.63) is 519 Å². The molecule has 580 valence electrons. The highest BCUT2D eigenvalue weighted by molar-refractivity contribution is 6.02. The third-order valence-electron chi connectivity index (χ3n) is 22.2. The average Bonchev–Trinajstić information content (AvgIpc) is 0.768. The van der Waals surface area contributed by atoms with Gasteiger partial charge in [-0.2, -0.15) is 0 Å². The van der Waals surface area contributed by atoms with Gasteiger partial charge in [0.2, 0.25) is 0 Å². The average molecular weight is 1550 g/mol. The summed E-state index contributed by atoms with van der Waals surface area (Å²) in [6, 6.07) is 175. The highest BCUT2D eigenvalue weighted by Crippen LogP contribution is 2.41. The quantitative estimate of drug-likeness (QED) is 0.108. The van der Waals surface area contributed by atoms with Crippen LogP contribution in [0, 0.1) is 34.6 Å². The molecule has 0 nitrogen and oxygen atoms in total. The van der Waals surface area contributed by atoms with Crippen LogP contribution in [0.4, 0.5) is 0 Å². The van der Waals surface area contributed by atoms with E-state index in [4.69, 9.17) is 0 Å². The van der Waals surface area contributed by atoms with Crippen molar-refractivity contribution in [3.63, 3.8) is 0 Å². The van der Waals surface area contributed by atoms with Gasteiger partial charge in [0.15, 0.2) is 0 Å². The van der Waals surface area contributed by atoms with Crippen LogP contribution in [0.5, 0.6) is 0 Å². The van der Waals surface area contributed by atoms with Gasteiger partial charge in [-0.25, -0.2) is 0 Å².